The molecular weight excluding hydrogens is 211 g/mol. The second-order valence-electron chi connectivity index (χ2n) is 2.93. The number of rotatable bonds is 2. The molecule has 0 saturated heterocycles. The molecule has 1 heterocycles. The van der Waals surface area contributed by atoms with Crippen LogP contribution in [0.25, 0.3) is 0 Å². The van der Waals surface area contributed by atoms with Crippen molar-refractivity contribution in [2.24, 2.45) is 0 Å². The van der Waals surface area contributed by atoms with Crippen molar-refractivity contribution in [1.29, 1.82) is 0 Å². The van der Waals surface area contributed by atoms with Crippen LogP contribution in [-0.2, 0) is 0 Å². The molecule has 0 bridgehead atoms. The van der Waals surface area contributed by atoms with Crippen LogP contribution in [0.5, 0.6) is 0 Å². The topological polar surface area (TPSA) is 67.8 Å². The summed E-state index contributed by atoms with van der Waals surface area (Å²) in [6, 6.07) is 5.17. The van der Waals surface area contributed by atoms with Gasteiger partial charge in [0.25, 0.3) is 5.91 Å². The first-order chi connectivity index (χ1) is 7.75. The molecule has 1 amide bonds. The minimum atomic E-state index is -0.409. The summed E-state index contributed by atoms with van der Waals surface area (Å²) in [5, 5.41) is 9.58. The Morgan fingerprint density at radius 3 is 2.56 bits per heavy atom. The molecule has 0 fully saturated rings. The fourth-order valence-electron chi connectivity index (χ4n) is 1.08. The summed E-state index contributed by atoms with van der Waals surface area (Å²) < 4.78 is 12.6. The molecular formula is C10H7FN4O. The largest absolute Gasteiger partial charge is 0.289 e. The molecule has 0 spiro atoms. The van der Waals surface area contributed by atoms with E-state index in [1.165, 1.54) is 36.7 Å². The van der Waals surface area contributed by atoms with E-state index in [2.05, 4.69) is 20.5 Å². The lowest BCUT2D eigenvalue weighted by Gasteiger charge is -2.01. The number of hydrogen-bond donors (Lipinski definition) is 1. The number of anilines is 1. The van der Waals surface area contributed by atoms with Crippen LogP contribution in [0.4, 0.5) is 10.3 Å². The van der Waals surface area contributed by atoms with Crippen LogP contribution in [-0.4, -0.2) is 21.1 Å². The van der Waals surface area contributed by atoms with E-state index in [-0.39, 0.29) is 5.95 Å². The number of halogens is 1. The molecule has 1 aromatic carbocycles. The molecule has 0 aliphatic rings. The van der Waals surface area contributed by atoms with Crippen molar-refractivity contribution in [3.05, 3.63) is 48.0 Å². The van der Waals surface area contributed by atoms with E-state index in [1.807, 2.05) is 0 Å². The fourth-order valence-corrected chi connectivity index (χ4v) is 1.08. The van der Waals surface area contributed by atoms with Gasteiger partial charge in [-0.2, -0.15) is 5.10 Å². The molecule has 0 atom stereocenters. The number of carbonyl (C=O) groups is 1. The minimum Gasteiger partial charge on any atom is -0.289 e. The molecule has 2 aromatic rings. The third kappa shape index (κ3) is 2.35. The standard InChI is InChI=1S/C10H7FN4O/c11-8-3-1-7(2-4-8)9(16)14-10-12-5-6-13-15-10/h1-6H,(H,12,14,15,16). The lowest BCUT2D eigenvalue weighted by Crippen LogP contribution is -2.14. The first-order valence-electron chi connectivity index (χ1n) is 4.46. The van der Waals surface area contributed by atoms with Gasteiger partial charge in [0.1, 0.15) is 5.82 Å². The van der Waals surface area contributed by atoms with Gasteiger partial charge in [-0.15, -0.1) is 5.10 Å². The smallest absolute Gasteiger partial charge is 0.258 e. The van der Waals surface area contributed by atoms with Gasteiger partial charge in [0, 0.05) is 5.56 Å². The lowest BCUT2D eigenvalue weighted by atomic mass is 10.2. The van der Waals surface area contributed by atoms with Crippen molar-refractivity contribution >= 4 is 11.9 Å². The van der Waals surface area contributed by atoms with Gasteiger partial charge < -0.3 is 0 Å². The molecule has 0 saturated carbocycles. The Morgan fingerprint density at radius 2 is 1.94 bits per heavy atom. The summed E-state index contributed by atoms with van der Waals surface area (Å²) in [4.78, 5) is 15.4. The maximum absolute atomic E-state index is 12.6. The Hall–Kier alpha value is -2.37. The molecule has 0 aliphatic heterocycles. The van der Waals surface area contributed by atoms with E-state index in [9.17, 15) is 9.18 Å². The fraction of sp³-hybridized carbons (Fsp3) is 0. The number of amides is 1. The average Bonchev–Trinajstić information content (AvgIpc) is 2.31. The monoisotopic (exact) mass is 218 g/mol. The van der Waals surface area contributed by atoms with E-state index in [0.29, 0.717) is 5.56 Å². The molecule has 0 unspecified atom stereocenters. The van der Waals surface area contributed by atoms with Crippen LogP contribution < -0.4 is 5.32 Å². The molecule has 6 heteroatoms. The van der Waals surface area contributed by atoms with Gasteiger partial charge in [0.15, 0.2) is 0 Å². The maximum atomic E-state index is 12.6. The van der Waals surface area contributed by atoms with E-state index >= 15 is 0 Å². The van der Waals surface area contributed by atoms with E-state index in [1.54, 1.807) is 0 Å². The molecule has 5 nitrogen and oxygen atoms in total. The number of benzene rings is 1. The molecule has 2 rings (SSSR count). The van der Waals surface area contributed by atoms with Gasteiger partial charge in [-0.1, -0.05) is 0 Å². The Kier molecular flexibility index (Phi) is 2.81. The lowest BCUT2D eigenvalue weighted by molar-refractivity contribution is 0.102. The van der Waals surface area contributed by atoms with E-state index in [0.717, 1.165) is 0 Å². The van der Waals surface area contributed by atoms with Crippen molar-refractivity contribution < 1.29 is 9.18 Å². The maximum Gasteiger partial charge on any atom is 0.258 e. The number of nitrogens with one attached hydrogen (secondary N) is 1. The summed E-state index contributed by atoms with van der Waals surface area (Å²) in [5.41, 5.74) is 0.328. The van der Waals surface area contributed by atoms with Crippen molar-refractivity contribution in [1.82, 2.24) is 15.2 Å². The number of hydrogen-bond acceptors (Lipinski definition) is 4. The van der Waals surface area contributed by atoms with Gasteiger partial charge in [0.2, 0.25) is 5.95 Å². The van der Waals surface area contributed by atoms with Crippen molar-refractivity contribution in [2.75, 3.05) is 5.32 Å². The molecule has 0 aliphatic carbocycles. The summed E-state index contributed by atoms with van der Waals surface area (Å²) in [5.74, 6) is -0.695. The first-order valence-corrected chi connectivity index (χ1v) is 4.46. The third-order valence-corrected chi connectivity index (χ3v) is 1.81. The molecule has 1 N–H and O–H groups in total. The first kappa shape index (κ1) is 10.2. The highest BCUT2D eigenvalue weighted by molar-refractivity contribution is 6.03. The Morgan fingerprint density at radius 1 is 1.19 bits per heavy atom. The van der Waals surface area contributed by atoms with Crippen LogP contribution in [0.15, 0.2) is 36.7 Å². The number of carbonyl (C=O) groups excluding carboxylic acids is 1. The van der Waals surface area contributed by atoms with E-state index in [4.69, 9.17) is 0 Å². The molecule has 1 aromatic heterocycles. The summed E-state index contributed by atoms with van der Waals surface area (Å²) in [6.07, 6.45) is 2.81. The van der Waals surface area contributed by atoms with Gasteiger partial charge in [-0.05, 0) is 24.3 Å². The zero-order chi connectivity index (χ0) is 11.4. The summed E-state index contributed by atoms with van der Waals surface area (Å²) >= 11 is 0. The van der Waals surface area contributed by atoms with Crippen molar-refractivity contribution in [2.45, 2.75) is 0 Å². The molecule has 80 valence electrons. The highest BCUT2D eigenvalue weighted by atomic mass is 19.1. The van der Waals surface area contributed by atoms with Crippen molar-refractivity contribution in [3.8, 4) is 0 Å². The second-order valence-corrected chi connectivity index (χ2v) is 2.93. The number of nitrogens with zero attached hydrogens (tertiary/aromatic N) is 3. The van der Waals surface area contributed by atoms with Gasteiger partial charge >= 0.3 is 0 Å². The predicted octanol–water partition coefficient (Wildman–Crippen LogP) is 1.26. The summed E-state index contributed by atoms with van der Waals surface area (Å²) in [7, 11) is 0. The van der Waals surface area contributed by atoms with Crippen LogP contribution in [0.2, 0.25) is 0 Å². The van der Waals surface area contributed by atoms with Crippen LogP contribution in [0, 0.1) is 5.82 Å². The zero-order valence-corrected chi connectivity index (χ0v) is 8.09. The predicted molar refractivity (Wildman–Crippen MR) is 54.2 cm³/mol. The Balaban J connectivity index is 2.12. The van der Waals surface area contributed by atoms with Crippen LogP contribution >= 0.6 is 0 Å². The van der Waals surface area contributed by atoms with Gasteiger partial charge in [-0.3, -0.25) is 10.1 Å². The third-order valence-electron chi connectivity index (χ3n) is 1.81. The highest BCUT2D eigenvalue weighted by Gasteiger charge is 2.07. The number of aromatic nitrogens is 3. The van der Waals surface area contributed by atoms with Crippen LogP contribution in [0.3, 0.4) is 0 Å². The zero-order valence-electron chi connectivity index (χ0n) is 8.09. The van der Waals surface area contributed by atoms with Crippen molar-refractivity contribution in [3.63, 3.8) is 0 Å². The summed E-state index contributed by atoms with van der Waals surface area (Å²) in [6.45, 7) is 0. The normalized spacial score (nSPS) is 9.81. The SMILES string of the molecule is O=C(Nc1nccnn1)c1ccc(F)cc1. The molecule has 16 heavy (non-hydrogen) atoms. The Labute approximate surface area is 90.4 Å². The minimum absolute atomic E-state index is 0.108. The quantitative estimate of drug-likeness (QED) is 0.824. The average molecular weight is 218 g/mol. The van der Waals surface area contributed by atoms with Gasteiger partial charge in [-0.25, -0.2) is 9.37 Å². The molecule has 0 radical (unpaired) electrons. The Bertz CT molecular complexity index is 486. The highest BCUT2D eigenvalue weighted by Crippen LogP contribution is 2.04. The van der Waals surface area contributed by atoms with Gasteiger partial charge in [0.05, 0.1) is 12.4 Å². The van der Waals surface area contributed by atoms with E-state index < -0.39 is 11.7 Å². The van der Waals surface area contributed by atoms with Crippen LogP contribution in [0.1, 0.15) is 10.4 Å². The second kappa shape index (κ2) is 4.43.